The Morgan fingerprint density at radius 1 is 1.12 bits per heavy atom. The van der Waals surface area contributed by atoms with E-state index in [-0.39, 0.29) is 5.91 Å². The number of nitrogens with zero attached hydrogens (tertiary/aromatic N) is 3. The summed E-state index contributed by atoms with van der Waals surface area (Å²) in [6, 6.07) is 13.4. The number of carbonyl (C=O) groups is 2. The Balaban J connectivity index is 0.000000902. The van der Waals surface area contributed by atoms with Gasteiger partial charge in [-0.1, -0.05) is 24.8 Å². The molecule has 2 aromatic heterocycles. The van der Waals surface area contributed by atoms with Gasteiger partial charge in [0.05, 0.1) is 30.8 Å². The second kappa shape index (κ2) is 16.5. The molecular weight excluding hydrogens is 550 g/mol. The van der Waals surface area contributed by atoms with Crippen LogP contribution in [0.3, 0.4) is 0 Å². The molecule has 13 heteroatoms. The van der Waals surface area contributed by atoms with Crippen LogP contribution < -0.4 is 20.1 Å². The monoisotopic (exact) mass is 583 g/mol. The molecule has 0 saturated carbocycles. The summed E-state index contributed by atoms with van der Waals surface area (Å²) >= 11 is -1.61. The molecule has 4 rings (SSSR count). The number of para-hydroxylation sites is 1. The van der Waals surface area contributed by atoms with Gasteiger partial charge in [0, 0.05) is 55.3 Å². The first kappa shape index (κ1) is 32.6. The SMILES string of the molecule is C=CC(=O)Nc1cc(Nc2nccc(-c3cn(C)c4ccccc34)n2)c(OC)cc1OCCOC.C=O.CS(=O)O. The van der Waals surface area contributed by atoms with Crippen molar-refractivity contribution in [2.75, 3.05) is 44.3 Å². The molecule has 0 saturated heterocycles. The normalized spacial score (nSPS) is 10.8. The van der Waals surface area contributed by atoms with Gasteiger partial charge >= 0.3 is 0 Å². The molecule has 2 heterocycles. The zero-order valence-electron chi connectivity index (χ0n) is 23.2. The maximum absolute atomic E-state index is 12.0. The summed E-state index contributed by atoms with van der Waals surface area (Å²) in [5.41, 5.74) is 3.89. The third-order valence-corrected chi connectivity index (χ3v) is 5.36. The van der Waals surface area contributed by atoms with Crippen LogP contribution in [0.1, 0.15) is 0 Å². The summed E-state index contributed by atoms with van der Waals surface area (Å²) in [7, 11) is 5.14. The number of hydrogen-bond acceptors (Lipinski definition) is 9. The van der Waals surface area contributed by atoms with Crippen molar-refractivity contribution in [3.05, 3.63) is 67.5 Å². The second-order valence-electron chi connectivity index (χ2n) is 8.07. The molecule has 1 unspecified atom stereocenters. The summed E-state index contributed by atoms with van der Waals surface area (Å²) in [5, 5.41) is 7.07. The second-order valence-corrected chi connectivity index (χ2v) is 8.92. The molecule has 3 N–H and O–H groups in total. The predicted molar refractivity (Wildman–Crippen MR) is 160 cm³/mol. The first-order chi connectivity index (χ1) is 19.8. The van der Waals surface area contributed by atoms with Gasteiger partial charge in [0.15, 0.2) is 0 Å². The summed E-state index contributed by atoms with van der Waals surface area (Å²) in [6.45, 7) is 6.21. The zero-order chi connectivity index (χ0) is 30.4. The highest BCUT2D eigenvalue weighted by Crippen LogP contribution is 2.38. The number of anilines is 3. The molecule has 1 atom stereocenters. The average Bonchev–Trinajstić information content (AvgIpc) is 3.31. The van der Waals surface area contributed by atoms with E-state index in [1.807, 2.05) is 38.2 Å². The van der Waals surface area contributed by atoms with Crippen LogP contribution in [0.25, 0.3) is 22.2 Å². The summed E-state index contributed by atoms with van der Waals surface area (Å²) in [6.07, 6.45) is 6.13. The van der Waals surface area contributed by atoms with E-state index in [4.69, 9.17) is 32.8 Å². The van der Waals surface area contributed by atoms with Crippen molar-refractivity contribution in [2.24, 2.45) is 7.05 Å². The molecule has 0 aliphatic heterocycles. The number of aromatic nitrogens is 3. The molecule has 41 heavy (non-hydrogen) atoms. The topological polar surface area (TPSA) is 154 Å². The number of nitrogens with one attached hydrogen (secondary N) is 2. The molecular formula is C28H33N5O7S. The van der Waals surface area contributed by atoms with Crippen LogP contribution in [0.5, 0.6) is 11.5 Å². The van der Waals surface area contributed by atoms with Crippen molar-refractivity contribution >= 4 is 52.0 Å². The van der Waals surface area contributed by atoms with Crippen LogP contribution in [0, 0.1) is 0 Å². The molecule has 2 aromatic carbocycles. The minimum atomic E-state index is -1.61. The molecule has 4 aromatic rings. The Hall–Kier alpha value is -4.59. The number of carbonyl (C=O) groups excluding carboxylic acids is 2. The maximum Gasteiger partial charge on any atom is 0.247 e. The predicted octanol–water partition coefficient (Wildman–Crippen LogP) is 4.19. The van der Waals surface area contributed by atoms with Gasteiger partial charge in [-0.3, -0.25) is 4.79 Å². The largest absolute Gasteiger partial charge is 0.494 e. The zero-order valence-corrected chi connectivity index (χ0v) is 24.1. The highest BCUT2D eigenvalue weighted by atomic mass is 32.2. The fraction of sp³-hybridized carbons (Fsp3) is 0.214. The molecule has 0 radical (unpaired) electrons. The molecule has 1 amide bonds. The van der Waals surface area contributed by atoms with Crippen molar-refractivity contribution in [3.63, 3.8) is 0 Å². The lowest BCUT2D eigenvalue weighted by Crippen LogP contribution is -2.12. The maximum atomic E-state index is 12.0. The van der Waals surface area contributed by atoms with Crippen molar-refractivity contribution in [1.29, 1.82) is 0 Å². The Labute approximate surface area is 240 Å². The van der Waals surface area contributed by atoms with Gasteiger partial charge in [0.2, 0.25) is 11.9 Å². The van der Waals surface area contributed by atoms with E-state index >= 15 is 0 Å². The molecule has 218 valence electrons. The molecule has 0 fully saturated rings. The minimum Gasteiger partial charge on any atom is -0.494 e. The van der Waals surface area contributed by atoms with E-state index in [0.29, 0.717) is 42.0 Å². The third-order valence-electron chi connectivity index (χ3n) is 5.36. The van der Waals surface area contributed by atoms with Crippen LogP contribution in [-0.4, -0.2) is 69.7 Å². The number of amides is 1. The lowest BCUT2D eigenvalue weighted by Gasteiger charge is -2.17. The first-order valence-corrected chi connectivity index (χ1v) is 13.5. The number of ether oxygens (including phenoxy) is 3. The highest BCUT2D eigenvalue weighted by Gasteiger charge is 2.16. The Morgan fingerprint density at radius 3 is 2.49 bits per heavy atom. The van der Waals surface area contributed by atoms with E-state index < -0.39 is 11.1 Å². The molecule has 0 aliphatic carbocycles. The van der Waals surface area contributed by atoms with E-state index in [0.717, 1.165) is 22.2 Å². The smallest absolute Gasteiger partial charge is 0.247 e. The van der Waals surface area contributed by atoms with Gasteiger partial charge in [-0.2, -0.15) is 0 Å². The minimum absolute atomic E-state index is 0.305. The van der Waals surface area contributed by atoms with Crippen LogP contribution in [0.2, 0.25) is 0 Å². The van der Waals surface area contributed by atoms with E-state index in [2.05, 4.69) is 38.9 Å². The molecule has 12 nitrogen and oxygen atoms in total. The Kier molecular flexibility index (Phi) is 13.1. The number of aryl methyl sites for hydroxylation is 1. The van der Waals surface area contributed by atoms with Crippen LogP contribution >= 0.6 is 0 Å². The fourth-order valence-electron chi connectivity index (χ4n) is 3.70. The van der Waals surface area contributed by atoms with Gasteiger partial charge < -0.3 is 38.8 Å². The number of hydrogen-bond donors (Lipinski definition) is 3. The lowest BCUT2D eigenvalue weighted by atomic mass is 10.1. The van der Waals surface area contributed by atoms with Crippen LogP contribution in [0.4, 0.5) is 17.3 Å². The fourth-order valence-corrected chi connectivity index (χ4v) is 3.70. The van der Waals surface area contributed by atoms with Crippen molar-refractivity contribution in [2.45, 2.75) is 0 Å². The van der Waals surface area contributed by atoms with Gasteiger partial charge in [-0.25, -0.2) is 14.2 Å². The quantitative estimate of drug-likeness (QED) is 0.141. The molecule has 0 spiro atoms. The van der Waals surface area contributed by atoms with E-state index in [9.17, 15) is 4.79 Å². The van der Waals surface area contributed by atoms with Crippen molar-refractivity contribution in [1.82, 2.24) is 14.5 Å². The van der Waals surface area contributed by atoms with Crippen LogP contribution in [-0.2, 0) is 32.5 Å². The number of methoxy groups -OCH3 is 2. The number of fused-ring (bicyclic) bond motifs is 1. The number of rotatable bonds is 10. The van der Waals surface area contributed by atoms with E-state index in [1.54, 1.807) is 32.5 Å². The van der Waals surface area contributed by atoms with Gasteiger partial charge in [-0.15, -0.1) is 0 Å². The van der Waals surface area contributed by atoms with Gasteiger partial charge in [0.25, 0.3) is 0 Å². The standard InChI is InChI=1S/C26H27N5O4.CH4O2S.CH2O/c1-5-25(32)28-21-14-20(23(34-4)15-24(21)35-13-12-33-3)30-26-27-11-10-19(29-26)18-16-31(2)22-9-7-6-8-17(18)22;1-4(2)3;1-2/h5-11,14-16H,1,12-13H2,2-4H3,(H,28,32)(H,27,29,30);1H3,(H,2,3);1H2. The summed E-state index contributed by atoms with van der Waals surface area (Å²) in [5.74, 6) is 0.938. The van der Waals surface area contributed by atoms with Gasteiger partial charge in [-0.05, 0) is 24.3 Å². The van der Waals surface area contributed by atoms with E-state index in [1.165, 1.54) is 12.3 Å². The summed E-state index contributed by atoms with van der Waals surface area (Å²) in [4.78, 5) is 29.1. The van der Waals surface area contributed by atoms with Crippen molar-refractivity contribution in [3.8, 4) is 22.8 Å². The van der Waals surface area contributed by atoms with Crippen molar-refractivity contribution < 1.29 is 32.6 Å². The Morgan fingerprint density at radius 2 is 1.83 bits per heavy atom. The Bertz CT molecular complexity index is 1490. The van der Waals surface area contributed by atoms with Crippen LogP contribution in [0.15, 0.2) is 67.5 Å². The number of benzene rings is 2. The molecule has 0 aliphatic rings. The molecule has 0 bridgehead atoms. The third kappa shape index (κ3) is 9.24. The van der Waals surface area contributed by atoms with Gasteiger partial charge in [0.1, 0.15) is 36.0 Å². The summed E-state index contributed by atoms with van der Waals surface area (Å²) < 4.78 is 35.1. The lowest BCUT2D eigenvalue weighted by molar-refractivity contribution is -0.111. The average molecular weight is 584 g/mol. The first-order valence-electron chi connectivity index (χ1n) is 12.0. The highest BCUT2D eigenvalue weighted by molar-refractivity contribution is 7.78.